The van der Waals surface area contributed by atoms with Crippen molar-refractivity contribution in [3.63, 3.8) is 0 Å². The lowest BCUT2D eigenvalue weighted by atomic mass is 9.87. The molecule has 1 heterocycles. The standard InChI is InChI=1S/C21H25NO3/c1-20(15-13-17-9-5-3-6-10-17)21(2,24)22(19(23)25-20)16-14-18-11-7-4-8-12-18/h3-12,24H,13-16H2,1-2H3/t20-,21+/m1/s1. The highest BCUT2D eigenvalue weighted by Gasteiger charge is 2.58. The Morgan fingerprint density at radius 1 is 0.920 bits per heavy atom. The van der Waals surface area contributed by atoms with E-state index in [1.165, 1.54) is 10.5 Å². The van der Waals surface area contributed by atoms with Crippen molar-refractivity contribution >= 4 is 6.09 Å². The first-order valence-corrected chi connectivity index (χ1v) is 8.73. The van der Waals surface area contributed by atoms with Crippen molar-refractivity contribution in [3.8, 4) is 0 Å². The zero-order valence-electron chi connectivity index (χ0n) is 14.8. The topological polar surface area (TPSA) is 49.8 Å². The predicted octanol–water partition coefficient (Wildman–Crippen LogP) is 3.78. The number of cyclic esters (lactones) is 1. The van der Waals surface area contributed by atoms with E-state index < -0.39 is 17.4 Å². The first-order valence-electron chi connectivity index (χ1n) is 8.73. The van der Waals surface area contributed by atoms with Crippen LogP contribution in [0.15, 0.2) is 60.7 Å². The van der Waals surface area contributed by atoms with Crippen LogP contribution in [0.25, 0.3) is 0 Å². The number of hydrogen-bond donors (Lipinski definition) is 1. The van der Waals surface area contributed by atoms with Crippen molar-refractivity contribution in [2.75, 3.05) is 6.54 Å². The second kappa shape index (κ2) is 6.89. The molecule has 1 N–H and O–H groups in total. The van der Waals surface area contributed by atoms with Crippen LogP contribution in [0.4, 0.5) is 4.79 Å². The molecule has 2 atom stereocenters. The first-order chi connectivity index (χ1) is 11.9. The molecule has 132 valence electrons. The maximum atomic E-state index is 12.4. The molecule has 4 nitrogen and oxygen atoms in total. The van der Waals surface area contributed by atoms with Crippen LogP contribution in [0.5, 0.6) is 0 Å². The molecule has 2 aromatic carbocycles. The average Bonchev–Trinajstić information content (AvgIpc) is 2.78. The second-order valence-corrected chi connectivity index (χ2v) is 6.99. The maximum absolute atomic E-state index is 12.4. The Balaban J connectivity index is 1.68. The number of carbonyl (C=O) groups excluding carboxylic acids is 1. The van der Waals surface area contributed by atoms with Crippen LogP contribution < -0.4 is 0 Å². The molecule has 1 amide bonds. The second-order valence-electron chi connectivity index (χ2n) is 6.99. The fraction of sp³-hybridized carbons (Fsp3) is 0.381. The van der Waals surface area contributed by atoms with Crippen molar-refractivity contribution < 1.29 is 14.6 Å². The molecule has 0 unspecified atom stereocenters. The predicted molar refractivity (Wildman–Crippen MR) is 97.1 cm³/mol. The minimum Gasteiger partial charge on any atom is -0.438 e. The van der Waals surface area contributed by atoms with Gasteiger partial charge in [-0.2, -0.15) is 0 Å². The highest BCUT2D eigenvalue weighted by Crippen LogP contribution is 2.40. The summed E-state index contributed by atoms with van der Waals surface area (Å²) in [7, 11) is 0. The van der Waals surface area contributed by atoms with Gasteiger partial charge in [0.25, 0.3) is 0 Å². The van der Waals surface area contributed by atoms with Crippen LogP contribution in [0.3, 0.4) is 0 Å². The third-order valence-electron chi connectivity index (χ3n) is 5.26. The molecule has 0 aromatic heterocycles. The summed E-state index contributed by atoms with van der Waals surface area (Å²) in [6, 6.07) is 20.0. The zero-order chi connectivity index (χ0) is 17.9. The van der Waals surface area contributed by atoms with Crippen molar-refractivity contribution in [2.45, 2.75) is 44.4 Å². The van der Waals surface area contributed by atoms with Gasteiger partial charge in [0.05, 0.1) is 0 Å². The lowest BCUT2D eigenvalue weighted by Crippen LogP contribution is -2.55. The van der Waals surface area contributed by atoms with E-state index in [0.29, 0.717) is 19.4 Å². The van der Waals surface area contributed by atoms with E-state index in [1.807, 2.05) is 67.6 Å². The Morgan fingerprint density at radius 3 is 2.00 bits per heavy atom. The summed E-state index contributed by atoms with van der Waals surface area (Å²) in [6.07, 6.45) is 1.54. The van der Waals surface area contributed by atoms with E-state index in [4.69, 9.17) is 4.74 Å². The van der Waals surface area contributed by atoms with Crippen LogP contribution >= 0.6 is 0 Å². The number of nitrogens with zero attached hydrogens (tertiary/aromatic N) is 1. The van der Waals surface area contributed by atoms with E-state index in [1.54, 1.807) is 6.92 Å². The number of rotatable bonds is 6. The van der Waals surface area contributed by atoms with Gasteiger partial charge in [-0.25, -0.2) is 4.79 Å². The monoisotopic (exact) mass is 339 g/mol. The number of aryl methyl sites for hydroxylation is 1. The molecule has 1 aliphatic rings. The summed E-state index contributed by atoms with van der Waals surface area (Å²) in [5.41, 5.74) is 0.0202. The van der Waals surface area contributed by atoms with Gasteiger partial charge in [-0.1, -0.05) is 60.7 Å². The third-order valence-corrected chi connectivity index (χ3v) is 5.26. The molecule has 25 heavy (non-hydrogen) atoms. The minimum absolute atomic E-state index is 0.427. The van der Waals surface area contributed by atoms with Gasteiger partial charge in [0.15, 0.2) is 11.3 Å². The molecule has 2 aromatic rings. The smallest absolute Gasteiger partial charge is 0.412 e. The Hall–Kier alpha value is -2.33. The Morgan fingerprint density at radius 2 is 1.44 bits per heavy atom. The molecule has 1 saturated heterocycles. The fourth-order valence-corrected chi connectivity index (χ4v) is 3.32. The zero-order valence-corrected chi connectivity index (χ0v) is 14.8. The largest absolute Gasteiger partial charge is 0.438 e. The van der Waals surface area contributed by atoms with Crippen molar-refractivity contribution in [3.05, 3.63) is 71.8 Å². The molecular weight excluding hydrogens is 314 g/mol. The van der Waals surface area contributed by atoms with Crippen molar-refractivity contribution in [1.29, 1.82) is 0 Å². The van der Waals surface area contributed by atoms with Gasteiger partial charge in [0, 0.05) is 6.54 Å². The number of amides is 1. The Kier molecular flexibility index (Phi) is 4.82. The summed E-state index contributed by atoms with van der Waals surface area (Å²) in [5, 5.41) is 11.1. The van der Waals surface area contributed by atoms with E-state index in [0.717, 1.165) is 12.0 Å². The number of benzene rings is 2. The van der Waals surface area contributed by atoms with Gasteiger partial charge in [-0.3, -0.25) is 4.90 Å². The lowest BCUT2D eigenvalue weighted by molar-refractivity contribution is -0.138. The molecule has 0 bridgehead atoms. The van der Waals surface area contributed by atoms with Crippen LogP contribution in [0.1, 0.15) is 31.4 Å². The molecule has 0 spiro atoms. The Labute approximate surface area is 149 Å². The van der Waals surface area contributed by atoms with Crippen LogP contribution in [0.2, 0.25) is 0 Å². The van der Waals surface area contributed by atoms with E-state index in [-0.39, 0.29) is 0 Å². The van der Waals surface area contributed by atoms with E-state index in [9.17, 15) is 9.90 Å². The normalized spacial score (nSPS) is 25.9. The van der Waals surface area contributed by atoms with Crippen LogP contribution in [0, 0.1) is 0 Å². The number of hydrogen-bond acceptors (Lipinski definition) is 3. The quantitative estimate of drug-likeness (QED) is 0.871. The number of aliphatic hydroxyl groups is 1. The van der Waals surface area contributed by atoms with Crippen LogP contribution in [-0.2, 0) is 17.6 Å². The molecule has 3 rings (SSSR count). The molecular formula is C21H25NO3. The lowest BCUT2D eigenvalue weighted by Gasteiger charge is -2.37. The Bertz CT molecular complexity index is 714. The maximum Gasteiger partial charge on any atom is 0.412 e. The molecule has 0 saturated carbocycles. The summed E-state index contributed by atoms with van der Waals surface area (Å²) in [5.74, 6) is 0. The molecule has 0 radical (unpaired) electrons. The van der Waals surface area contributed by atoms with E-state index >= 15 is 0 Å². The molecule has 4 heteroatoms. The number of ether oxygens (including phenoxy) is 1. The molecule has 1 fully saturated rings. The van der Waals surface area contributed by atoms with Gasteiger partial charge in [0.2, 0.25) is 0 Å². The summed E-state index contributed by atoms with van der Waals surface area (Å²) in [4.78, 5) is 13.8. The first kappa shape index (κ1) is 17.5. The third kappa shape index (κ3) is 3.54. The summed E-state index contributed by atoms with van der Waals surface area (Å²) >= 11 is 0. The highest BCUT2D eigenvalue weighted by atomic mass is 16.6. The van der Waals surface area contributed by atoms with Crippen LogP contribution in [-0.4, -0.2) is 34.0 Å². The van der Waals surface area contributed by atoms with Gasteiger partial charge in [-0.15, -0.1) is 0 Å². The van der Waals surface area contributed by atoms with E-state index in [2.05, 4.69) is 0 Å². The minimum atomic E-state index is -1.34. The van der Waals surface area contributed by atoms with Crippen molar-refractivity contribution in [2.24, 2.45) is 0 Å². The van der Waals surface area contributed by atoms with Gasteiger partial charge in [-0.05, 0) is 44.2 Å². The molecule has 1 aliphatic heterocycles. The van der Waals surface area contributed by atoms with Crippen molar-refractivity contribution in [1.82, 2.24) is 4.90 Å². The fourth-order valence-electron chi connectivity index (χ4n) is 3.32. The van der Waals surface area contributed by atoms with Gasteiger partial charge < -0.3 is 9.84 Å². The summed E-state index contributed by atoms with van der Waals surface area (Å²) < 4.78 is 5.62. The summed E-state index contributed by atoms with van der Waals surface area (Å²) in [6.45, 7) is 3.92. The number of carbonyl (C=O) groups is 1. The van der Waals surface area contributed by atoms with Gasteiger partial charge >= 0.3 is 6.09 Å². The molecule has 0 aliphatic carbocycles. The SMILES string of the molecule is C[C@]1(CCc2ccccc2)OC(=O)N(CCc2ccccc2)[C@@]1(C)O. The van der Waals surface area contributed by atoms with Gasteiger partial charge in [0.1, 0.15) is 0 Å². The average molecular weight is 339 g/mol. The highest BCUT2D eigenvalue weighted by molar-refractivity contribution is 5.72.